The predicted octanol–water partition coefficient (Wildman–Crippen LogP) is 4.43. The van der Waals surface area contributed by atoms with Crippen LogP contribution >= 0.6 is 0 Å². The van der Waals surface area contributed by atoms with E-state index >= 15 is 0 Å². The number of carbonyl (C=O) groups excluding carboxylic acids is 1. The second kappa shape index (κ2) is 8.63. The van der Waals surface area contributed by atoms with Gasteiger partial charge in [-0.05, 0) is 76.9 Å². The topological polar surface area (TPSA) is 53.2 Å². The quantitative estimate of drug-likeness (QED) is 0.692. The summed E-state index contributed by atoms with van der Waals surface area (Å²) in [6.45, 7) is 14.6. The van der Waals surface area contributed by atoms with Crippen LogP contribution in [0.3, 0.4) is 0 Å². The fraction of sp³-hybridized carbons (Fsp3) is 0.400. The summed E-state index contributed by atoms with van der Waals surface area (Å²) in [6.07, 6.45) is 11.4. The molecule has 6 heteroatoms. The average molecular weight is 418 g/mol. The molecule has 0 spiro atoms. The molecule has 4 rings (SSSR count). The highest BCUT2D eigenvalue weighted by atomic mass is 16.2. The molecule has 1 saturated heterocycles. The van der Waals surface area contributed by atoms with E-state index < -0.39 is 0 Å². The maximum Gasteiger partial charge on any atom is 0.255 e. The highest BCUT2D eigenvalue weighted by molar-refractivity contribution is 6.00. The molecule has 31 heavy (non-hydrogen) atoms. The highest BCUT2D eigenvalue weighted by Gasteiger charge is 2.26. The minimum absolute atomic E-state index is 0.104. The fourth-order valence-corrected chi connectivity index (χ4v) is 4.28. The minimum atomic E-state index is -0.104. The zero-order valence-electron chi connectivity index (χ0n) is 18.9. The predicted molar refractivity (Wildman–Crippen MR) is 126 cm³/mol. The normalized spacial score (nSPS) is 18.9. The molecule has 2 aromatic heterocycles. The number of allylic oxidation sites excluding steroid dienone is 3. The number of rotatable bonds is 4. The van der Waals surface area contributed by atoms with Gasteiger partial charge in [0.25, 0.3) is 5.91 Å². The van der Waals surface area contributed by atoms with E-state index in [4.69, 9.17) is 0 Å². The fourth-order valence-electron chi connectivity index (χ4n) is 4.28. The second-order valence-electron chi connectivity index (χ2n) is 8.81. The highest BCUT2D eigenvalue weighted by Crippen LogP contribution is 2.29. The van der Waals surface area contributed by atoms with Crippen molar-refractivity contribution < 1.29 is 4.79 Å². The van der Waals surface area contributed by atoms with Crippen LogP contribution in [-0.4, -0.2) is 50.4 Å². The van der Waals surface area contributed by atoms with Crippen molar-refractivity contribution >= 4 is 23.3 Å². The van der Waals surface area contributed by atoms with Gasteiger partial charge in [-0.2, -0.15) is 0 Å². The van der Waals surface area contributed by atoms with E-state index in [9.17, 15) is 4.79 Å². The van der Waals surface area contributed by atoms with E-state index in [0.29, 0.717) is 17.7 Å². The van der Waals surface area contributed by atoms with Gasteiger partial charge in [0.05, 0.1) is 23.3 Å². The molecule has 0 N–H and O–H groups in total. The van der Waals surface area contributed by atoms with Crippen LogP contribution in [0.2, 0.25) is 0 Å². The monoisotopic (exact) mass is 417 g/mol. The average Bonchev–Trinajstić information content (AvgIpc) is 3.13. The lowest BCUT2D eigenvalue weighted by Gasteiger charge is -2.35. The Morgan fingerprint density at radius 2 is 1.97 bits per heavy atom. The molecule has 2 aliphatic rings. The summed E-state index contributed by atoms with van der Waals surface area (Å²) in [5.41, 5.74) is 5.32. The van der Waals surface area contributed by atoms with Gasteiger partial charge in [0.15, 0.2) is 0 Å². The molecule has 0 saturated carbocycles. The number of imidazole rings is 1. The number of carbonyl (C=O) groups is 1. The maximum absolute atomic E-state index is 13.1. The Labute approximate surface area is 184 Å². The molecule has 2 aliphatic heterocycles. The number of aryl methyl sites for hydroxylation is 1. The first-order valence-corrected chi connectivity index (χ1v) is 11.0. The molecular weight excluding hydrogens is 386 g/mol. The van der Waals surface area contributed by atoms with Gasteiger partial charge in [-0.3, -0.25) is 14.7 Å². The lowest BCUT2D eigenvalue weighted by Crippen LogP contribution is -2.39. The zero-order chi connectivity index (χ0) is 22.1. The first-order valence-electron chi connectivity index (χ1n) is 11.0. The summed E-state index contributed by atoms with van der Waals surface area (Å²) in [5.74, 6) is 0.277. The van der Waals surface area contributed by atoms with Gasteiger partial charge >= 0.3 is 0 Å². The number of amides is 1. The Balaban J connectivity index is 1.51. The summed E-state index contributed by atoms with van der Waals surface area (Å²) < 4.78 is 1.99. The van der Waals surface area contributed by atoms with Crippen molar-refractivity contribution in [2.45, 2.75) is 46.6 Å². The summed E-state index contributed by atoms with van der Waals surface area (Å²) in [5, 5.41) is 0. The maximum atomic E-state index is 13.1. The number of aromatic nitrogens is 2. The van der Waals surface area contributed by atoms with Gasteiger partial charge in [0.2, 0.25) is 0 Å². The first-order chi connectivity index (χ1) is 14.8. The third-order valence-electron chi connectivity index (χ3n) is 6.22. The second-order valence-corrected chi connectivity index (χ2v) is 8.81. The molecule has 4 heterocycles. The standard InChI is InChI=1S/C25H31N5O/c1-17(2)28-10-8-21(9-11-28)23-16-30(20(5)13-26-23)25(31)12-18(3)22-6-7-24-27-19(4)14-29(24)15-22/h6-7,12-17,21H,5,8-11H2,1-4H3/b18-12+. The number of aliphatic imine (C=N–C) groups is 1. The lowest BCUT2D eigenvalue weighted by atomic mass is 9.92. The Kier molecular flexibility index (Phi) is 5.92. The van der Waals surface area contributed by atoms with E-state index in [2.05, 4.69) is 35.3 Å². The number of hydrogen-bond acceptors (Lipinski definition) is 4. The third-order valence-corrected chi connectivity index (χ3v) is 6.22. The van der Waals surface area contributed by atoms with Gasteiger partial charge in [-0.15, -0.1) is 0 Å². The molecule has 0 atom stereocenters. The molecule has 162 valence electrons. The molecule has 2 aromatic rings. The van der Waals surface area contributed by atoms with E-state index in [-0.39, 0.29) is 5.91 Å². The van der Waals surface area contributed by atoms with Gasteiger partial charge in [0.1, 0.15) is 5.65 Å². The van der Waals surface area contributed by atoms with E-state index in [0.717, 1.165) is 54.1 Å². The van der Waals surface area contributed by atoms with Crippen LogP contribution in [0.4, 0.5) is 0 Å². The summed E-state index contributed by atoms with van der Waals surface area (Å²) in [4.78, 5) is 26.3. The van der Waals surface area contributed by atoms with Crippen molar-refractivity contribution in [3.05, 3.63) is 66.0 Å². The largest absolute Gasteiger partial charge is 0.306 e. The van der Waals surface area contributed by atoms with Crippen molar-refractivity contribution in [1.82, 2.24) is 19.2 Å². The Morgan fingerprint density at radius 3 is 2.68 bits per heavy atom. The molecular formula is C25H31N5O. The summed E-state index contributed by atoms with van der Waals surface area (Å²) in [7, 11) is 0. The molecule has 0 bridgehead atoms. The number of pyridine rings is 1. The molecule has 0 aromatic carbocycles. The molecule has 1 amide bonds. The van der Waals surface area contributed by atoms with Crippen LogP contribution in [0.15, 0.2) is 59.8 Å². The zero-order valence-corrected chi connectivity index (χ0v) is 18.9. The Bertz CT molecular complexity index is 1100. The SMILES string of the molecule is C=C1C=NC(C2CCN(C(C)C)CC2)=CN1C(=O)/C=C(\C)c1ccc2nc(C)cn2c1. The molecule has 1 fully saturated rings. The van der Waals surface area contributed by atoms with Crippen LogP contribution in [0.25, 0.3) is 11.2 Å². The number of piperidine rings is 1. The van der Waals surface area contributed by atoms with E-state index in [1.54, 1.807) is 17.2 Å². The number of fused-ring (bicyclic) bond motifs is 1. The molecule has 0 radical (unpaired) electrons. The number of hydrogen-bond donors (Lipinski definition) is 0. The summed E-state index contributed by atoms with van der Waals surface area (Å²) >= 11 is 0. The Hall–Kier alpha value is -2.99. The van der Waals surface area contributed by atoms with Crippen LogP contribution < -0.4 is 0 Å². The Morgan fingerprint density at radius 1 is 1.23 bits per heavy atom. The van der Waals surface area contributed by atoms with E-state index in [1.165, 1.54) is 0 Å². The molecule has 6 nitrogen and oxygen atoms in total. The smallest absolute Gasteiger partial charge is 0.255 e. The molecule has 0 unspecified atom stereocenters. The van der Waals surface area contributed by atoms with Crippen LogP contribution in [0, 0.1) is 12.8 Å². The van der Waals surface area contributed by atoms with Crippen LogP contribution in [-0.2, 0) is 4.79 Å². The van der Waals surface area contributed by atoms with E-state index in [1.807, 2.05) is 49.0 Å². The van der Waals surface area contributed by atoms with Crippen molar-refractivity contribution in [3.63, 3.8) is 0 Å². The van der Waals surface area contributed by atoms with Gasteiger partial charge < -0.3 is 9.30 Å². The van der Waals surface area contributed by atoms with Crippen molar-refractivity contribution in [2.75, 3.05) is 13.1 Å². The third kappa shape index (κ3) is 4.54. The summed E-state index contributed by atoms with van der Waals surface area (Å²) in [6, 6.07) is 4.54. The first kappa shape index (κ1) is 21.2. The van der Waals surface area contributed by atoms with Crippen molar-refractivity contribution in [3.8, 4) is 0 Å². The van der Waals surface area contributed by atoms with Crippen LogP contribution in [0.1, 0.15) is 44.9 Å². The van der Waals surface area contributed by atoms with Gasteiger partial charge in [0, 0.05) is 36.6 Å². The molecule has 0 aliphatic carbocycles. The minimum Gasteiger partial charge on any atom is -0.306 e. The van der Waals surface area contributed by atoms with Gasteiger partial charge in [-0.1, -0.05) is 6.58 Å². The lowest BCUT2D eigenvalue weighted by molar-refractivity contribution is -0.121. The van der Waals surface area contributed by atoms with Gasteiger partial charge in [-0.25, -0.2) is 4.98 Å². The van der Waals surface area contributed by atoms with Crippen molar-refractivity contribution in [2.24, 2.45) is 10.9 Å². The number of nitrogens with zero attached hydrogens (tertiary/aromatic N) is 5. The number of likely N-dealkylation sites (tertiary alicyclic amines) is 1. The van der Waals surface area contributed by atoms with Crippen LogP contribution in [0.5, 0.6) is 0 Å². The van der Waals surface area contributed by atoms with Crippen molar-refractivity contribution in [1.29, 1.82) is 0 Å².